The number of aromatic nitrogens is 1. The van der Waals surface area contributed by atoms with Crippen LogP contribution in [0.4, 0.5) is 5.69 Å². The summed E-state index contributed by atoms with van der Waals surface area (Å²) < 4.78 is 0. The first-order chi connectivity index (χ1) is 5.27. The van der Waals surface area contributed by atoms with E-state index in [1.54, 1.807) is 0 Å². The zero-order valence-corrected chi connectivity index (χ0v) is 6.39. The molecule has 2 heteroatoms. The van der Waals surface area contributed by atoms with Gasteiger partial charge < -0.3 is 10.7 Å². The van der Waals surface area contributed by atoms with Crippen LogP contribution in [0.25, 0.3) is 10.9 Å². The van der Waals surface area contributed by atoms with Crippen LogP contribution in [-0.4, -0.2) is 4.98 Å². The summed E-state index contributed by atoms with van der Waals surface area (Å²) in [6, 6.07) is 5.90. The molecule has 0 atom stereocenters. The highest BCUT2D eigenvalue weighted by atomic mass is 14.7. The molecule has 0 aliphatic rings. The maximum Gasteiger partial charge on any atom is 0.0477 e. The van der Waals surface area contributed by atoms with Gasteiger partial charge in [0.15, 0.2) is 0 Å². The Labute approximate surface area is 65.0 Å². The Morgan fingerprint density at radius 1 is 1.36 bits per heavy atom. The number of hydrogen-bond acceptors (Lipinski definition) is 1. The van der Waals surface area contributed by atoms with Gasteiger partial charge in [0.2, 0.25) is 0 Å². The normalized spacial score (nSPS) is 10.6. The van der Waals surface area contributed by atoms with E-state index >= 15 is 0 Å². The molecule has 1 aromatic carbocycles. The predicted octanol–water partition coefficient (Wildman–Crippen LogP) is 2.06. The van der Waals surface area contributed by atoms with Crippen LogP contribution in [0.1, 0.15) is 5.56 Å². The number of nitrogens with one attached hydrogen (secondary N) is 1. The first kappa shape index (κ1) is 6.28. The highest BCUT2D eigenvalue weighted by molar-refractivity contribution is 5.85. The van der Waals surface area contributed by atoms with Crippen molar-refractivity contribution < 1.29 is 0 Å². The molecular weight excluding hydrogens is 136 g/mol. The fourth-order valence-corrected chi connectivity index (χ4v) is 1.29. The second-order valence-corrected chi connectivity index (χ2v) is 2.78. The van der Waals surface area contributed by atoms with Crippen LogP contribution >= 0.6 is 0 Å². The number of benzene rings is 1. The van der Waals surface area contributed by atoms with Gasteiger partial charge in [-0.2, -0.15) is 0 Å². The number of hydrogen-bond donors (Lipinski definition) is 2. The van der Waals surface area contributed by atoms with E-state index in [0.717, 1.165) is 11.2 Å². The summed E-state index contributed by atoms with van der Waals surface area (Å²) in [7, 11) is 0. The van der Waals surface area contributed by atoms with E-state index in [9.17, 15) is 0 Å². The topological polar surface area (TPSA) is 41.8 Å². The van der Waals surface area contributed by atoms with Crippen LogP contribution in [0.15, 0.2) is 24.4 Å². The Morgan fingerprint density at radius 2 is 2.18 bits per heavy atom. The van der Waals surface area contributed by atoms with Gasteiger partial charge in [0.25, 0.3) is 0 Å². The molecule has 2 rings (SSSR count). The molecule has 0 aliphatic heterocycles. The summed E-state index contributed by atoms with van der Waals surface area (Å²) in [5.41, 5.74) is 8.80. The second kappa shape index (κ2) is 2.02. The van der Waals surface area contributed by atoms with Crippen molar-refractivity contribution in [3.8, 4) is 0 Å². The van der Waals surface area contributed by atoms with Gasteiger partial charge in [-0.3, -0.25) is 0 Å². The predicted molar refractivity (Wildman–Crippen MR) is 47.4 cm³/mol. The van der Waals surface area contributed by atoms with Gasteiger partial charge in [-0.25, -0.2) is 0 Å². The van der Waals surface area contributed by atoms with Crippen molar-refractivity contribution in [1.29, 1.82) is 0 Å². The second-order valence-electron chi connectivity index (χ2n) is 2.78. The fourth-order valence-electron chi connectivity index (χ4n) is 1.29. The van der Waals surface area contributed by atoms with Crippen LogP contribution in [0.5, 0.6) is 0 Å². The highest BCUT2D eigenvalue weighted by Gasteiger charge is 1.97. The van der Waals surface area contributed by atoms with Crippen molar-refractivity contribution in [2.45, 2.75) is 6.92 Å². The van der Waals surface area contributed by atoms with E-state index in [2.05, 4.69) is 11.9 Å². The maximum atomic E-state index is 5.61. The van der Waals surface area contributed by atoms with Crippen LogP contribution in [0, 0.1) is 6.92 Å². The molecule has 1 heterocycles. The minimum absolute atomic E-state index is 0.805. The number of rotatable bonds is 0. The average molecular weight is 146 g/mol. The van der Waals surface area contributed by atoms with Crippen LogP contribution < -0.4 is 5.73 Å². The van der Waals surface area contributed by atoms with E-state index < -0.39 is 0 Å². The molecule has 0 amide bonds. The van der Waals surface area contributed by atoms with Gasteiger partial charge in [0.05, 0.1) is 0 Å². The number of aryl methyl sites for hydroxylation is 1. The molecule has 2 aromatic rings. The molecule has 0 unspecified atom stereocenters. The molecule has 0 saturated carbocycles. The van der Waals surface area contributed by atoms with Crippen LogP contribution in [0.2, 0.25) is 0 Å². The van der Waals surface area contributed by atoms with Crippen molar-refractivity contribution in [1.82, 2.24) is 4.98 Å². The lowest BCUT2D eigenvalue weighted by atomic mass is 10.2. The van der Waals surface area contributed by atoms with Crippen molar-refractivity contribution in [2.24, 2.45) is 0 Å². The molecule has 0 spiro atoms. The van der Waals surface area contributed by atoms with Crippen molar-refractivity contribution in [3.05, 3.63) is 30.0 Å². The molecule has 0 saturated heterocycles. The zero-order chi connectivity index (χ0) is 7.84. The summed E-state index contributed by atoms with van der Waals surface area (Å²) in [6.07, 6.45) is 1.99. The average Bonchev–Trinajstić information content (AvgIpc) is 2.32. The lowest BCUT2D eigenvalue weighted by Crippen LogP contribution is -1.82. The Hall–Kier alpha value is -1.44. The van der Waals surface area contributed by atoms with Gasteiger partial charge in [-0.05, 0) is 24.6 Å². The molecule has 0 bridgehead atoms. The number of nitrogens with two attached hydrogens (primary N) is 1. The van der Waals surface area contributed by atoms with E-state index in [4.69, 9.17) is 5.73 Å². The number of H-pyrrole nitrogens is 1. The molecule has 11 heavy (non-hydrogen) atoms. The minimum Gasteiger partial charge on any atom is -0.399 e. The summed E-state index contributed by atoms with van der Waals surface area (Å²) >= 11 is 0. The Bertz CT molecular complexity index is 387. The first-order valence-corrected chi connectivity index (χ1v) is 3.60. The van der Waals surface area contributed by atoms with Gasteiger partial charge >= 0.3 is 0 Å². The Balaban J connectivity index is 2.86. The third-order valence-corrected chi connectivity index (χ3v) is 1.91. The van der Waals surface area contributed by atoms with Gasteiger partial charge in [0.1, 0.15) is 0 Å². The molecule has 2 nitrogen and oxygen atoms in total. The molecule has 3 N–H and O–H groups in total. The number of anilines is 1. The Morgan fingerprint density at radius 3 is 3.00 bits per heavy atom. The number of fused-ring (bicyclic) bond motifs is 1. The SMILES string of the molecule is Cc1c[nH]c2cc(N)ccc12. The molecular formula is C9H10N2. The molecule has 1 aromatic heterocycles. The van der Waals surface area contributed by atoms with Crippen molar-refractivity contribution in [3.63, 3.8) is 0 Å². The van der Waals surface area contributed by atoms with E-state index in [-0.39, 0.29) is 0 Å². The summed E-state index contributed by atoms with van der Waals surface area (Å²) in [5, 5.41) is 1.25. The van der Waals surface area contributed by atoms with Crippen molar-refractivity contribution in [2.75, 3.05) is 5.73 Å². The third-order valence-electron chi connectivity index (χ3n) is 1.91. The van der Waals surface area contributed by atoms with E-state index in [0.29, 0.717) is 0 Å². The standard InChI is InChI=1S/C9H10N2/c1-6-5-11-9-4-7(10)2-3-8(6)9/h2-5,11H,10H2,1H3. The largest absolute Gasteiger partial charge is 0.399 e. The van der Waals surface area contributed by atoms with E-state index in [1.807, 2.05) is 24.4 Å². The van der Waals surface area contributed by atoms with Gasteiger partial charge in [0, 0.05) is 22.8 Å². The van der Waals surface area contributed by atoms with Crippen LogP contribution in [-0.2, 0) is 0 Å². The molecule has 0 radical (unpaired) electrons. The smallest absolute Gasteiger partial charge is 0.0477 e. The minimum atomic E-state index is 0.805. The monoisotopic (exact) mass is 146 g/mol. The Kier molecular flexibility index (Phi) is 1.15. The van der Waals surface area contributed by atoms with Gasteiger partial charge in [-0.1, -0.05) is 6.07 Å². The van der Waals surface area contributed by atoms with Crippen LogP contribution in [0.3, 0.4) is 0 Å². The number of aromatic amines is 1. The maximum absolute atomic E-state index is 5.61. The quantitative estimate of drug-likeness (QED) is 0.549. The molecule has 0 aliphatic carbocycles. The first-order valence-electron chi connectivity index (χ1n) is 3.60. The van der Waals surface area contributed by atoms with Crippen molar-refractivity contribution >= 4 is 16.6 Å². The lowest BCUT2D eigenvalue weighted by Gasteiger charge is -1.92. The lowest BCUT2D eigenvalue weighted by molar-refractivity contribution is 1.43. The highest BCUT2D eigenvalue weighted by Crippen LogP contribution is 2.19. The summed E-state index contributed by atoms with van der Waals surface area (Å²) in [4.78, 5) is 3.15. The zero-order valence-electron chi connectivity index (χ0n) is 6.39. The summed E-state index contributed by atoms with van der Waals surface area (Å²) in [6.45, 7) is 2.08. The van der Waals surface area contributed by atoms with E-state index in [1.165, 1.54) is 10.9 Å². The number of nitrogen functional groups attached to an aromatic ring is 1. The van der Waals surface area contributed by atoms with Gasteiger partial charge in [-0.15, -0.1) is 0 Å². The molecule has 56 valence electrons. The fraction of sp³-hybridized carbons (Fsp3) is 0.111. The third kappa shape index (κ3) is 0.871. The molecule has 0 fully saturated rings. The summed E-state index contributed by atoms with van der Waals surface area (Å²) in [5.74, 6) is 0.